The van der Waals surface area contributed by atoms with Gasteiger partial charge in [-0.15, -0.1) is 0 Å². The second-order valence-electron chi connectivity index (χ2n) is 21.8. The number of rotatable bonds is 33. The van der Waals surface area contributed by atoms with Gasteiger partial charge in [0.25, 0.3) is 5.69 Å². The molecule has 0 aliphatic rings. The molecule has 8 aromatic rings. The molecule has 0 aliphatic carbocycles. The Balaban J connectivity index is 0.754. The summed E-state index contributed by atoms with van der Waals surface area (Å²) in [5, 5.41) is 47.9. The van der Waals surface area contributed by atoms with Gasteiger partial charge in [-0.2, -0.15) is 26.0 Å². The third kappa shape index (κ3) is 23.6. The number of nitrogens with zero attached hydrogens (tertiary/aromatic N) is 7. The average Bonchev–Trinajstić information content (AvgIpc) is 0.852. The van der Waals surface area contributed by atoms with Crippen molar-refractivity contribution >= 4 is 52.6 Å². The molecule has 0 heterocycles. The Bertz CT molecular complexity index is 4320. The van der Waals surface area contributed by atoms with Crippen molar-refractivity contribution in [2.45, 2.75) is 32.6 Å². The summed E-state index contributed by atoms with van der Waals surface area (Å²) in [4.78, 5) is 78.2. The molecule has 23 nitrogen and oxygen atoms in total. The lowest BCUT2D eigenvalue weighted by molar-refractivity contribution is -0.384. The normalized spacial score (nSPS) is 10.6. The highest BCUT2D eigenvalue weighted by molar-refractivity contribution is 5.92. The van der Waals surface area contributed by atoms with E-state index in [-0.39, 0.29) is 107 Å². The molecule has 0 saturated heterocycles. The number of likely N-dealkylation sites (N-methyl/N-ethyl adjacent to an activating group) is 1. The van der Waals surface area contributed by atoms with E-state index in [1.807, 2.05) is 30.0 Å². The highest BCUT2D eigenvalue weighted by Crippen LogP contribution is 2.33. The SMILES string of the molecule is CCN(CCOC(=O)C(C#N)(CCC(=O)OCCOCCOc1ccc(C(=O)Oc2ccc(C#Cc3ccc(C#N)cc3)cc2F)cc1)CCC(=O)OCCOCCOc1ccc(C(=O)Oc2ccc(C#Cc3ccc(C#N)cc3)cc2F)cc1)c1ccc(/N=N/c2ccc([N+](=O)[O-])cc2)cc1. The monoisotopic (exact) mass is 1380 g/mol. The minimum Gasteiger partial charge on any atom is -0.491 e. The fraction of sp³-hybridized carbons (Fsp3) is 0.221. The Labute approximate surface area is 585 Å². The van der Waals surface area contributed by atoms with Crippen LogP contribution in [0.4, 0.5) is 31.5 Å². The molecule has 102 heavy (non-hydrogen) atoms. The third-order valence-corrected chi connectivity index (χ3v) is 14.8. The zero-order chi connectivity index (χ0) is 72.5. The molecule has 0 bridgehead atoms. The first-order valence-corrected chi connectivity index (χ1v) is 31.6. The number of carbonyl (C=O) groups excluding carboxylic acids is 5. The van der Waals surface area contributed by atoms with Gasteiger partial charge in [0.05, 0.1) is 89.7 Å². The summed E-state index contributed by atoms with van der Waals surface area (Å²) in [6, 6.07) is 51.5. The standard InChI is InChI=1S/C77H63F2N7O16/c1-2-85(64-25-21-62(22-26-64)83-84-63-23-27-65(28-24-63)86(92)93)39-40-100-76(91)77(53-82,37-35-72(87)98-47-43-94-41-45-96-66-29-17-60(18-30-66)74(89)101-70-33-15-56(49-68(70)78)9-3-54-5-11-58(51-80)12-6-54)38-36-73(88)99-48-44-95-42-46-97-67-31-19-61(20-32-67)75(90)102-71-34-16-57(50-69(71)79)10-4-55-7-13-59(52-81)14-8-55/h5-8,11-34,49-50H,2,35-48H2,1H3/b84-83+. The Morgan fingerprint density at radius 1 is 0.490 bits per heavy atom. The molecule has 0 spiro atoms. The Kier molecular flexibility index (Phi) is 28.3. The van der Waals surface area contributed by atoms with Gasteiger partial charge in [-0.05, 0) is 190 Å². The Hall–Kier alpha value is -13.1. The second kappa shape index (κ2) is 38.7. The van der Waals surface area contributed by atoms with Crippen molar-refractivity contribution in [1.82, 2.24) is 0 Å². The number of nitro groups is 1. The van der Waals surface area contributed by atoms with Crippen LogP contribution < -0.4 is 23.8 Å². The van der Waals surface area contributed by atoms with Crippen molar-refractivity contribution in [3.8, 4) is 64.9 Å². The van der Waals surface area contributed by atoms with Crippen LogP contribution >= 0.6 is 0 Å². The maximum Gasteiger partial charge on any atom is 0.343 e. The first-order valence-electron chi connectivity index (χ1n) is 31.6. The summed E-state index contributed by atoms with van der Waals surface area (Å²) in [7, 11) is 0. The van der Waals surface area contributed by atoms with Gasteiger partial charge in [-0.1, -0.05) is 23.7 Å². The van der Waals surface area contributed by atoms with Crippen molar-refractivity contribution in [3.05, 3.63) is 248 Å². The lowest BCUT2D eigenvalue weighted by Gasteiger charge is -2.26. The molecule has 0 aliphatic heterocycles. The van der Waals surface area contributed by atoms with Gasteiger partial charge >= 0.3 is 29.8 Å². The summed E-state index contributed by atoms with van der Waals surface area (Å²) in [6.45, 7) is 2.15. The molecule has 516 valence electrons. The maximum atomic E-state index is 14.9. The first kappa shape index (κ1) is 74.7. The van der Waals surface area contributed by atoms with E-state index in [0.29, 0.717) is 62.8 Å². The van der Waals surface area contributed by atoms with Crippen LogP contribution in [0.25, 0.3) is 0 Å². The topological polar surface area (TPSA) is 311 Å². The van der Waals surface area contributed by atoms with Crippen molar-refractivity contribution in [2.24, 2.45) is 15.6 Å². The number of halogens is 2. The Morgan fingerprint density at radius 2 is 0.892 bits per heavy atom. The van der Waals surface area contributed by atoms with E-state index in [4.69, 9.17) is 53.2 Å². The van der Waals surface area contributed by atoms with Crippen LogP contribution in [-0.4, -0.2) is 107 Å². The summed E-state index contributed by atoms with van der Waals surface area (Å²) in [5.41, 5.74) is 2.76. The summed E-state index contributed by atoms with van der Waals surface area (Å²) in [6.07, 6.45) is -1.58. The lowest BCUT2D eigenvalue weighted by atomic mass is 9.80. The number of ether oxygens (including phenoxy) is 9. The van der Waals surface area contributed by atoms with E-state index in [2.05, 4.69) is 33.9 Å². The fourth-order valence-electron chi connectivity index (χ4n) is 9.23. The predicted octanol–water partition coefficient (Wildman–Crippen LogP) is 13.0. The fourth-order valence-corrected chi connectivity index (χ4v) is 9.23. The summed E-state index contributed by atoms with van der Waals surface area (Å²) >= 11 is 0. The van der Waals surface area contributed by atoms with Gasteiger partial charge in [0, 0.05) is 59.5 Å². The van der Waals surface area contributed by atoms with Crippen LogP contribution in [0.1, 0.15) is 86.7 Å². The summed E-state index contributed by atoms with van der Waals surface area (Å²) < 4.78 is 79.2. The van der Waals surface area contributed by atoms with E-state index in [1.165, 1.54) is 97.1 Å². The molecule has 0 saturated carbocycles. The second-order valence-corrected chi connectivity index (χ2v) is 21.8. The van der Waals surface area contributed by atoms with Crippen LogP contribution in [0, 0.1) is 84.8 Å². The number of non-ortho nitro benzene ring substituents is 1. The van der Waals surface area contributed by atoms with Crippen molar-refractivity contribution < 1.29 is 80.3 Å². The highest BCUT2D eigenvalue weighted by Gasteiger charge is 2.41. The van der Waals surface area contributed by atoms with Gasteiger partial charge in [0.1, 0.15) is 44.5 Å². The van der Waals surface area contributed by atoms with E-state index >= 15 is 0 Å². The molecule has 25 heteroatoms. The molecule has 0 aromatic heterocycles. The first-order chi connectivity index (χ1) is 49.5. The highest BCUT2D eigenvalue weighted by atomic mass is 19.1. The van der Waals surface area contributed by atoms with Crippen LogP contribution in [0.2, 0.25) is 0 Å². The predicted molar refractivity (Wildman–Crippen MR) is 363 cm³/mol. The number of esters is 5. The van der Waals surface area contributed by atoms with Gasteiger partial charge < -0.3 is 47.5 Å². The average molecular weight is 1380 g/mol. The van der Waals surface area contributed by atoms with E-state index in [1.54, 1.807) is 72.8 Å². The number of nitro benzene ring substituents is 1. The zero-order valence-electron chi connectivity index (χ0n) is 54.8. The van der Waals surface area contributed by atoms with Gasteiger partial charge in [-0.3, -0.25) is 24.5 Å². The largest absolute Gasteiger partial charge is 0.491 e. The Morgan fingerprint density at radius 3 is 1.29 bits per heavy atom. The van der Waals surface area contributed by atoms with Crippen molar-refractivity contribution in [1.29, 1.82) is 15.8 Å². The van der Waals surface area contributed by atoms with E-state index in [9.17, 15) is 48.1 Å². The number of nitriles is 3. The molecule has 0 radical (unpaired) electrons. The molecule has 8 aromatic carbocycles. The third-order valence-electron chi connectivity index (χ3n) is 14.8. The minimum atomic E-state index is -1.99. The molecule has 0 amide bonds. The number of benzene rings is 8. The van der Waals surface area contributed by atoms with Crippen LogP contribution in [-0.2, 0) is 38.1 Å². The van der Waals surface area contributed by atoms with E-state index < -0.39 is 64.7 Å². The van der Waals surface area contributed by atoms with Crippen molar-refractivity contribution in [2.75, 3.05) is 77.5 Å². The minimum absolute atomic E-state index is 0.0446. The molecule has 0 atom stereocenters. The van der Waals surface area contributed by atoms with Crippen LogP contribution in [0.15, 0.2) is 192 Å². The number of carbonyl (C=O) groups is 5. The van der Waals surface area contributed by atoms with E-state index in [0.717, 1.165) is 17.8 Å². The quantitative estimate of drug-likeness (QED) is 0.00539. The van der Waals surface area contributed by atoms with Crippen molar-refractivity contribution in [3.63, 3.8) is 0 Å². The molecule has 0 unspecified atom stereocenters. The smallest absolute Gasteiger partial charge is 0.343 e. The molecular formula is C77H63F2N7O16. The van der Waals surface area contributed by atoms with Gasteiger partial charge in [0.15, 0.2) is 28.5 Å². The number of anilines is 1. The summed E-state index contributed by atoms with van der Waals surface area (Å²) in [5.74, 6) is 5.93. The maximum absolute atomic E-state index is 14.9. The molecule has 8 rings (SSSR count). The lowest BCUT2D eigenvalue weighted by Crippen LogP contribution is -2.36. The molecule has 0 fully saturated rings. The zero-order valence-corrected chi connectivity index (χ0v) is 54.8. The van der Waals surface area contributed by atoms with Crippen LogP contribution in [0.5, 0.6) is 23.0 Å². The molecule has 0 N–H and O–H groups in total. The van der Waals surface area contributed by atoms with Gasteiger partial charge in [0.2, 0.25) is 0 Å². The number of azo groups is 1. The molecular weight excluding hydrogens is 1320 g/mol. The van der Waals surface area contributed by atoms with Crippen LogP contribution in [0.3, 0.4) is 0 Å². The number of hydrogen-bond acceptors (Lipinski definition) is 22. The van der Waals surface area contributed by atoms with Gasteiger partial charge in [-0.25, -0.2) is 18.4 Å². The number of hydrogen-bond donors (Lipinski definition) is 0.